The summed E-state index contributed by atoms with van der Waals surface area (Å²) >= 11 is 2.11. The molecular formula is C10H16S. The molecule has 0 nitrogen and oxygen atoms in total. The van der Waals surface area contributed by atoms with Gasteiger partial charge in [-0.25, -0.2) is 0 Å². The standard InChI is InChI=1S/C10H16S/c1-7-9-5-3-4-6-10(9)8(2)11-7/h7,9H,3-6H2,1-2H3. The first-order valence-corrected chi connectivity index (χ1v) is 5.53. The zero-order chi connectivity index (χ0) is 7.84. The Balaban J connectivity index is 2.21. The molecule has 0 aromatic heterocycles. The fourth-order valence-corrected chi connectivity index (χ4v) is 3.86. The molecule has 0 radical (unpaired) electrons. The van der Waals surface area contributed by atoms with E-state index in [4.69, 9.17) is 0 Å². The lowest BCUT2D eigenvalue weighted by molar-refractivity contribution is 0.456. The summed E-state index contributed by atoms with van der Waals surface area (Å²) in [5, 5.41) is 0.880. The third-order valence-corrected chi connectivity index (χ3v) is 4.36. The normalized spacial score (nSPS) is 37.6. The molecule has 0 N–H and O–H groups in total. The van der Waals surface area contributed by atoms with E-state index >= 15 is 0 Å². The highest BCUT2D eigenvalue weighted by molar-refractivity contribution is 8.03. The molecule has 62 valence electrons. The molecule has 2 rings (SSSR count). The average Bonchev–Trinajstić information content (AvgIpc) is 2.30. The van der Waals surface area contributed by atoms with Gasteiger partial charge in [-0.15, -0.1) is 11.8 Å². The van der Waals surface area contributed by atoms with Crippen LogP contribution in [0.4, 0.5) is 0 Å². The summed E-state index contributed by atoms with van der Waals surface area (Å²) in [4.78, 5) is 1.64. The SMILES string of the molecule is CC1=C2CCCCC2C(C)S1. The fraction of sp³-hybridized carbons (Fsp3) is 0.800. The number of fused-ring (bicyclic) bond motifs is 1. The van der Waals surface area contributed by atoms with Crippen molar-refractivity contribution < 1.29 is 0 Å². The minimum atomic E-state index is 0.880. The molecule has 2 aliphatic rings. The van der Waals surface area contributed by atoms with Gasteiger partial charge in [-0.05, 0) is 37.0 Å². The number of rotatable bonds is 0. The highest BCUT2D eigenvalue weighted by Gasteiger charge is 2.31. The second-order valence-electron chi connectivity index (χ2n) is 3.76. The highest BCUT2D eigenvalue weighted by atomic mass is 32.2. The van der Waals surface area contributed by atoms with Crippen molar-refractivity contribution in [2.24, 2.45) is 5.92 Å². The van der Waals surface area contributed by atoms with Crippen molar-refractivity contribution in [2.75, 3.05) is 0 Å². The molecule has 0 spiro atoms. The van der Waals surface area contributed by atoms with E-state index in [-0.39, 0.29) is 0 Å². The largest absolute Gasteiger partial charge is 0.127 e. The van der Waals surface area contributed by atoms with E-state index in [0.717, 1.165) is 11.2 Å². The predicted octanol–water partition coefficient (Wildman–Crippen LogP) is 3.59. The first-order chi connectivity index (χ1) is 5.29. The van der Waals surface area contributed by atoms with Crippen LogP contribution in [-0.4, -0.2) is 5.25 Å². The maximum atomic E-state index is 2.39. The Labute approximate surface area is 73.4 Å². The summed E-state index contributed by atoms with van der Waals surface area (Å²) in [5.41, 5.74) is 1.80. The Hall–Kier alpha value is 0.0900. The summed E-state index contributed by atoms with van der Waals surface area (Å²) in [6.45, 7) is 4.69. The van der Waals surface area contributed by atoms with Gasteiger partial charge >= 0.3 is 0 Å². The lowest BCUT2D eigenvalue weighted by Gasteiger charge is -2.23. The van der Waals surface area contributed by atoms with Gasteiger partial charge in [0.25, 0.3) is 0 Å². The Kier molecular flexibility index (Phi) is 2.00. The third kappa shape index (κ3) is 1.24. The van der Waals surface area contributed by atoms with Crippen LogP contribution in [0.15, 0.2) is 10.5 Å². The van der Waals surface area contributed by atoms with Crippen LogP contribution in [-0.2, 0) is 0 Å². The molecule has 0 bridgehead atoms. The van der Waals surface area contributed by atoms with Gasteiger partial charge in [0, 0.05) is 5.25 Å². The van der Waals surface area contributed by atoms with Crippen molar-refractivity contribution >= 4 is 11.8 Å². The quantitative estimate of drug-likeness (QED) is 0.532. The van der Waals surface area contributed by atoms with E-state index < -0.39 is 0 Å². The molecule has 0 aromatic carbocycles. The fourth-order valence-electron chi connectivity index (χ4n) is 2.43. The number of hydrogen-bond acceptors (Lipinski definition) is 1. The minimum Gasteiger partial charge on any atom is -0.127 e. The average molecular weight is 168 g/mol. The summed E-state index contributed by atoms with van der Waals surface area (Å²) in [7, 11) is 0. The van der Waals surface area contributed by atoms with Gasteiger partial charge in [0.15, 0.2) is 0 Å². The molecule has 1 saturated carbocycles. The monoisotopic (exact) mass is 168 g/mol. The molecule has 1 aliphatic heterocycles. The number of hydrogen-bond donors (Lipinski definition) is 0. The van der Waals surface area contributed by atoms with E-state index in [9.17, 15) is 0 Å². The first kappa shape index (κ1) is 7.72. The first-order valence-electron chi connectivity index (χ1n) is 4.65. The minimum absolute atomic E-state index is 0.880. The van der Waals surface area contributed by atoms with Gasteiger partial charge < -0.3 is 0 Å². The van der Waals surface area contributed by atoms with Crippen molar-refractivity contribution in [1.29, 1.82) is 0 Å². The Morgan fingerprint density at radius 3 is 2.91 bits per heavy atom. The highest BCUT2D eigenvalue weighted by Crippen LogP contribution is 2.48. The van der Waals surface area contributed by atoms with Crippen LogP contribution in [0.1, 0.15) is 39.5 Å². The molecule has 1 heterocycles. The Morgan fingerprint density at radius 2 is 2.18 bits per heavy atom. The molecule has 0 aromatic rings. The van der Waals surface area contributed by atoms with Crippen molar-refractivity contribution in [3.8, 4) is 0 Å². The van der Waals surface area contributed by atoms with E-state index in [1.54, 1.807) is 10.5 Å². The molecule has 2 unspecified atom stereocenters. The van der Waals surface area contributed by atoms with Crippen LogP contribution >= 0.6 is 11.8 Å². The molecular weight excluding hydrogens is 152 g/mol. The van der Waals surface area contributed by atoms with Crippen LogP contribution in [0, 0.1) is 5.92 Å². The zero-order valence-electron chi connectivity index (χ0n) is 7.39. The van der Waals surface area contributed by atoms with Crippen molar-refractivity contribution in [3.63, 3.8) is 0 Å². The molecule has 11 heavy (non-hydrogen) atoms. The van der Waals surface area contributed by atoms with Crippen molar-refractivity contribution in [1.82, 2.24) is 0 Å². The van der Waals surface area contributed by atoms with Gasteiger partial charge in [0.1, 0.15) is 0 Å². The maximum Gasteiger partial charge on any atom is 0.0129 e. The smallest absolute Gasteiger partial charge is 0.0129 e. The van der Waals surface area contributed by atoms with Gasteiger partial charge in [0.2, 0.25) is 0 Å². The van der Waals surface area contributed by atoms with E-state index in [1.807, 2.05) is 0 Å². The summed E-state index contributed by atoms with van der Waals surface area (Å²) in [5.74, 6) is 0.953. The summed E-state index contributed by atoms with van der Waals surface area (Å²) in [6, 6.07) is 0. The van der Waals surface area contributed by atoms with E-state index in [0.29, 0.717) is 0 Å². The molecule has 0 saturated heterocycles. The lowest BCUT2D eigenvalue weighted by atomic mass is 9.82. The molecule has 1 aliphatic carbocycles. The van der Waals surface area contributed by atoms with Gasteiger partial charge in [-0.2, -0.15) is 0 Å². The van der Waals surface area contributed by atoms with E-state index in [1.165, 1.54) is 25.7 Å². The van der Waals surface area contributed by atoms with E-state index in [2.05, 4.69) is 25.6 Å². The second kappa shape index (κ2) is 2.85. The molecule has 0 amide bonds. The number of thioether (sulfide) groups is 1. The van der Waals surface area contributed by atoms with Crippen molar-refractivity contribution in [2.45, 2.75) is 44.8 Å². The topological polar surface area (TPSA) is 0 Å². The van der Waals surface area contributed by atoms with Crippen LogP contribution in [0.25, 0.3) is 0 Å². The maximum absolute atomic E-state index is 2.39. The van der Waals surface area contributed by atoms with Crippen LogP contribution < -0.4 is 0 Å². The predicted molar refractivity (Wildman–Crippen MR) is 51.7 cm³/mol. The van der Waals surface area contributed by atoms with Crippen LogP contribution in [0.5, 0.6) is 0 Å². The van der Waals surface area contributed by atoms with Crippen LogP contribution in [0.3, 0.4) is 0 Å². The molecule has 1 heteroatoms. The van der Waals surface area contributed by atoms with Gasteiger partial charge in [-0.3, -0.25) is 0 Å². The number of allylic oxidation sites excluding steroid dienone is 2. The van der Waals surface area contributed by atoms with Crippen molar-refractivity contribution in [3.05, 3.63) is 10.5 Å². The second-order valence-corrected chi connectivity index (χ2v) is 5.35. The summed E-state index contributed by atoms with van der Waals surface area (Å²) < 4.78 is 0. The molecule has 2 atom stereocenters. The Bertz CT molecular complexity index is 193. The lowest BCUT2D eigenvalue weighted by Crippen LogP contribution is -2.14. The summed E-state index contributed by atoms with van der Waals surface area (Å²) in [6.07, 6.45) is 5.76. The zero-order valence-corrected chi connectivity index (χ0v) is 8.21. The van der Waals surface area contributed by atoms with Gasteiger partial charge in [0.05, 0.1) is 0 Å². The molecule has 1 fully saturated rings. The van der Waals surface area contributed by atoms with Gasteiger partial charge in [-0.1, -0.05) is 18.9 Å². The van der Waals surface area contributed by atoms with Crippen LogP contribution in [0.2, 0.25) is 0 Å². The third-order valence-electron chi connectivity index (χ3n) is 3.04. The Morgan fingerprint density at radius 1 is 1.36 bits per heavy atom.